The Kier molecular flexibility index (Phi) is 9.19. The summed E-state index contributed by atoms with van der Waals surface area (Å²) < 4.78 is 28.8. The molecule has 5 rings (SSSR count). The molecule has 2 aliphatic heterocycles. The molecule has 0 bridgehead atoms. The molecule has 3 heterocycles. The topological polar surface area (TPSA) is 108 Å². The Morgan fingerprint density at radius 3 is 2.74 bits per heavy atom. The molecule has 0 spiro atoms. The van der Waals surface area contributed by atoms with Crippen LogP contribution in [0.2, 0.25) is 5.02 Å². The third kappa shape index (κ3) is 7.14. The number of anilines is 2. The van der Waals surface area contributed by atoms with Crippen molar-refractivity contribution in [2.45, 2.75) is 31.8 Å². The number of benzene rings is 2. The van der Waals surface area contributed by atoms with Crippen LogP contribution in [0.3, 0.4) is 0 Å². The van der Waals surface area contributed by atoms with E-state index >= 15 is 0 Å². The number of hydrogen-bond donors (Lipinski definition) is 1. The molecule has 1 fully saturated rings. The fraction of sp³-hybridized carbons (Fsp3) is 0.433. The highest BCUT2D eigenvalue weighted by Crippen LogP contribution is 2.36. The van der Waals surface area contributed by atoms with Crippen molar-refractivity contribution in [1.29, 1.82) is 0 Å². The fourth-order valence-electron chi connectivity index (χ4n) is 5.57. The largest absolute Gasteiger partial charge is 0.462 e. The van der Waals surface area contributed by atoms with Gasteiger partial charge in [-0.15, -0.1) is 0 Å². The summed E-state index contributed by atoms with van der Waals surface area (Å²) in [5.74, 6) is 0.305. The third-order valence-corrected chi connectivity index (χ3v) is 8.79. The van der Waals surface area contributed by atoms with Gasteiger partial charge in [-0.3, -0.25) is 4.79 Å². The van der Waals surface area contributed by atoms with E-state index in [9.17, 15) is 13.2 Å². The Labute approximate surface area is 252 Å². The van der Waals surface area contributed by atoms with Crippen molar-refractivity contribution in [3.8, 4) is 6.01 Å². The van der Waals surface area contributed by atoms with Gasteiger partial charge in [0.25, 0.3) is 0 Å². The monoisotopic (exact) mass is 612 g/mol. The summed E-state index contributed by atoms with van der Waals surface area (Å²) >= 11 is 6.65. The first kappa shape index (κ1) is 30.1. The molecule has 1 saturated heterocycles. The van der Waals surface area contributed by atoms with Gasteiger partial charge in [0.2, 0.25) is 5.91 Å². The van der Waals surface area contributed by atoms with Gasteiger partial charge in [0.1, 0.15) is 12.4 Å². The van der Waals surface area contributed by atoms with Crippen molar-refractivity contribution in [1.82, 2.24) is 20.2 Å². The molecule has 1 aromatic heterocycles. The lowest BCUT2D eigenvalue weighted by Gasteiger charge is -2.33. The zero-order valence-corrected chi connectivity index (χ0v) is 25.8. The summed E-state index contributed by atoms with van der Waals surface area (Å²) in [4.78, 5) is 28.4. The number of rotatable bonds is 10. The maximum atomic E-state index is 12.1. The zero-order valence-electron chi connectivity index (χ0n) is 24.2. The smallest absolute Gasteiger partial charge is 0.318 e. The molecule has 0 radical (unpaired) electrons. The SMILES string of the molecule is CN(CCNC(=O)/C=C/S(C)(=O)=O)c1nc(OCC2CCCN2C)nc2c1CCN(c1cccc3cccc(Cl)c13)C2. The maximum absolute atomic E-state index is 12.1. The number of amides is 1. The number of likely N-dealkylation sites (N-methyl/N-ethyl adjacent to an activating group) is 2. The minimum Gasteiger partial charge on any atom is -0.462 e. The number of carbonyl (C=O) groups excluding carboxylic acids is 1. The average molecular weight is 613 g/mol. The van der Waals surface area contributed by atoms with Gasteiger partial charge in [-0.05, 0) is 50.4 Å². The van der Waals surface area contributed by atoms with E-state index in [1.165, 1.54) is 0 Å². The first-order chi connectivity index (χ1) is 20.1. The van der Waals surface area contributed by atoms with Crippen LogP contribution in [0.25, 0.3) is 10.8 Å². The van der Waals surface area contributed by atoms with E-state index in [2.05, 4.69) is 46.4 Å². The maximum Gasteiger partial charge on any atom is 0.318 e. The molecule has 0 aliphatic carbocycles. The highest BCUT2D eigenvalue weighted by Gasteiger charge is 2.27. The van der Waals surface area contributed by atoms with Crippen LogP contribution in [-0.2, 0) is 27.6 Å². The molecule has 10 nitrogen and oxygen atoms in total. The molecule has 3 aromatic rings. The molecule has 2 aromatic carbocycles. The van der Waals surface area contributed by atoms with E-state index < -0.39 is 15.7 Å². The third-order valence-electron chi connectivity index (χ3n) is 7.85. The van der Waals surface area contributed by atoms with Gasteiger partial charge < -0.3 is 24.8 Å². The molecule has 1 amide bonds. The number of halogens is 1. The average Bonchev–Trinajstić information content (AvgIpc) is 3.38. The molecule has 1 N–H and O–H groups in total. The van der Waals surface area contributed by atoms with E-state index in [0.717, 1.165) is 88.6 Å². The van der Waals surface area contributed by atoms with Gasteiger partial charge >= 0.3 is 6.01 Å². The minimum absolute atomic E-state index is 0.311. The van der Waals surface area contributed by atoms with Gasteiger partial charge in [0.15, 0.2) is 9.84 Å². The summed E-state index contributed by atoms with van der Waals surface area (Å²) in [6.45, 7) is 3.70. The van der Waals surface area contributed by atoms with Crippen LogP contribution in [-0.4, -0.2) is 88.4 Å². The fourth-order valence-corrected chi connectivity index (χ4v) is 6.22. The van der Waals surface area contributed by atoms with Gasteiger partial charge in [0.05, 0.1) is 17.3 Å². The Morgan fingerprint density at radius 2 is 2.00 bits per heavy atom. The van der Waals surface area contributed by atoms with Gasteiger partial charge in [-0.2, -0.15) is 9.97 Å². The summed E-state index contributed by atoms with van der Waals surface area (Å²) in [6, 6.07) is 12.8. The van der Waals surface area contributed by atoms with Crippen LogP contribution in [0.1, 0.15) is 24.1 Å². The quantitative estimate of drug-likeness (QED) is 0.345. The predicted octanol–water partition coefficient (Wildman–Crippen LogP) is 3.43. The molecular weight excluding hydrogens is 576 g/mol. The number of likely N-dealkylation sites (tertiary alicyclic amines) is 1. The van der Waals surface area contributed by atoms with Gasteiger partial charge in [-0.25, -0.2) is 8.42 Å². The molecular formula is C30H37ClN6O4S. The molecule has 224 valence electrons. The molecule has 42 heavy (non-hydrogen) atoms. The lowest BCUT2D eigenvalue weighted by atomic mass is 10.0. The number of aromatic nitrogens is 2. The van der Waals surface area contributed by atoms with E-state index in [4.69, 9.17) is 26.3 Å². The number of fused-ring (bicyclic) bond motifs is 2. The Balaban J connectivity index is 1.38. The second-order valence-electron chi connectivity index (χ2n) is 11.0. The van der Waals surface area contributed by atoms with Crippen molar-refractivity contribution in [3.05, 3.63) is 64.2 Å². The summed E-state index contributed by atoms with van der Waals surface area (Å²) in [6.07, 6.45) is 5.03. The highest BCUT2D eigenvalue weighted by molar-refractivity contribution is 7.93. The van der Waals surface area contributed by atoms with Gasteiger partial charge in [-0.1, -0.05) is 35.9 Å². The summed E-state index contributed by atoms with van der Waals surface area (Å²) in [5, 5.41) is 6.47. The van der Waals surface area contributed by atoms with Crippen LogP contribution in [0.15, 0.2) is 47.9 Å². The first-order valence-electron chi connectivity index (χ1n) is 14.1. The van der Waals surface area contributed by atoms with Crippen molar-refractivity contribution in [2.75, 3.05) is 62.9 Å². The Bertz CT molecular complexity index is 1590. The lowest BCUT2D eigenvalue weighted by Crippen LogP contribution is -2.36. The number of ether oxygens (including phenoxy) is 1. The van der Waals surface area contributed by atoms with E-state index in [1.54, 1.807) is 0 Å². The molecule has 2 aliphatic rings. The Hall–Kier alpha value is -3.41. The molecule has 1 atom stereocenters. The minimum atomic E-state index is -3.37. The van der Waals surface area contributed by atoms with Crippen LogP contribution in [0.4, 0.5) is 11.5 Å². The number of nitrogens with one attached hydrogen (secondary N) is 1. The summed E-state index contributed by atoms with van der Waals surface area (Å²) in [7, 11) is 0.665. The number of sulfone groups is 1. The van der Waals surface area contributed by atoms with Crippen molar-refractivity contribution < 1.29 is 17.9 Å². The van der Waals surface area contributed by atoms with E-state index in [-0.39, 0.29) is 0 Å². The molecule has 0 saturated carbocycles. The van der Waals surface area contributed by atoms with Crippen LogP contribution in [0.5, 0.6) is 6.01 Å². The van der Waals surface area contributed by atoms with E-state index in [0.29, 0.717) is 38.3 Å². The van der Waals surface area contributed by atoms with Crippen molar-refractivity contribution >= 4 is 49.6 Å². The van der Waals surface area contributed by atoms with Crippen molar-refractivity contribution in [2.24, 2.45) is 0 Å². The van der Waals surface area contributed by atoms with Gasteiger partial charge in [0, 0.05) is 67.1 Å². The first-order valence-corrected chi connectivity index (χ1v) is 16.4. The standard InChI is InChI=1S/C30H37ClN6O4S/c1-35-15-6-9-22(35)20-41-30-33-25-19-37(26-11-5-8-21-7-4-10-24(31)28(21)26)16-12-23(25)29(34-30)36(2)17-14-32-27(38)13-18-42(3,39)40/h4-5,7-8,10-11,13,18,22H,6,9,12,14-17,19-20H2,1-3H3,(H,32,38)/b18-13+. The summed E-state index contributed by atoms with van der Waals surface area (Å²) in [5.41, 5.74) is 3.02. The second-order valence-corrected chi connectivity index (χ2v) is 13.3. The van der Waals surface area contributed by atoms with Crippen molar-refractivity contribution in [3.63, 3.8) is 0 Å². The van der Waals surface area contributed by atoms with Crippen LogP contribution in [0, 0.1) is 0 Å². The Morgan fingerprint density at radius 1 is 1.21 bits per heavy atom. The predicted molar refractivity (Wildman–Crippen MR) is 167 cm³/mol. The van der Waals surface area contributed by atoms with Crippen LogP contribution >= 0.6 is 11.6 Å². The number of nitrogens with zero attached hydrogens (tertiary/aromatic N) is 5. The normalized spacial score (nSPS) is 17.5. The number of hydrogen-bond acceptors (Lipinski definition) is 9. The molecule has 12 heteroatoms. The molecule has 1 unspecified atom stereocenters. The number of carbonyl (C=O) groups is 1. The zero-order chi connectivity index (χ0) is 29.9. The highest BCUT2D eigenvalue weighted by atomic mass is 35.5. The van der Waals surface area contributed by atoms with Crippen LogP contribution < -0.4 is 19.9 Å². The van der Waals surface area contributed by atoms with E-state index in [1.807, 2.05) is 24.1 Å². The second kappa shape index (κ2) is 12.8. The lowest BCUT2D eigenvalue weighted by molar-refractivity contribution is -0.116.